The fourth-order valence-electron chi connectivity index (χ4n) is 3.46. The lowest BCUT2D eigenvalue weighted by atomic mass is 10.1. The summed E-state index contributed by atoms with van der Waals surface area (Å²) in [7, 11) is 0. The third-order valence-electron chi connectivity index (χ3n) is 5.10. The standard InChI is InChI=1S/C22H18N4O3/c27-21(13-26-14-23-19-8-4-2-6-17(19)22(26)28)25-11-16(12-25)29-20-10-9-15-5-1-3-7-18(15)24-20/h1-10,14,16H,11-13H2. The molecule has 5 rings (SSSR count). The highest BCUT2D eigenvalue weighted by Crippen LogP contribution is 2.20. The van der Waals surface area contributed by atoms with Crippen LogP contribution in [0.1, 0.15) is 0 Å². The van der Waals surface area contributed by atoms with E-state index in [4.69, 9.17) is 4.74 Å². The molecule has 29 heavy (non-hydrogen) atoms. The van der Waals surface area contributed by atoms with Crippen molar-refractivity contribution < 1.29 is 9.53 Å². The van der Waals surface area contributed by atoms with Crippen LogP contribution in [-0.4, -0.2) is 44.5 Å². The Hall–Kier alpha value is -3.74. The highest BCUT2D eigenvalue weighted by atomic mass is 16.5. The van der Waals surface area contributed by atoms with Crippen molar-refractivity contribution in [3.05, 3.63) is 77.3 Å². The first-order chi connectivity index (χ1) is 14.2. The van der Waals surface area contributed by atoms with Crippen LogP contribution in [0.15, 0.2) is 71.8 Å². The minimum Gasteiger partial charge on any atom is -0.471 e. The summed E-state index contributed by atoms with van der Waals surface area (Å²) >= 11 is 0. The summed E-state index contributed by atoms with van der Waals surface area (Å²) in [6, 6.07) is 18.8. The van der Waals surface area contributed by atoms with Crippen LogP contribution in [0, 0.1) is 0 Å². The molecule has 1 aliphatic rings. The maximum atomic E-state index is 12.5. The van der Waals surface area contributed by atoms with Gasteiger partial charge in [-0.3, -0.25) is 14.2 Å². The monoisotopic (exact) mass is 386 g/mol. The number of hydrogen-bond acceptors (Lipinski definition) is 5. The molecule has 144 valence electrons. The summed E-state index contributed by atoms with van der Waals surface area (Å²) in [5.74, 6) is 0.422. The Kier molecular flexibility index (Phi) is 4.20. The summed E-state index contributed by atoms with van der Waals surface area (Å²) in [6.07, 6.45) is 1.33. The molecule has 0 atom stereocenters. The summed E-state index contributed by atoms with van der Waals surface area (Å²) in [5.41, 5.74) is 1.29. The molecule has 2 aromatic heterocycles. The van der Waals surface area contributed by atoms with Gasteiger partial charge in [0.25, 0.3) is 5.56 Å². The molecule has 0 spiro atoms. The second-order valence-corrected chi connectivity index (χ2v) is 7.08. The molecule has 3 heterocycles. The highest BCUT2D eigenvalue weighted by molar-refractivity contribution is 5.80. The summed E-state index contributed by atoms with van der Waals surface area (Å²) in [6.45, 7) is 0.920. The Bertz CT molecular complexity index is 1280. The van der Waals surface area contributed by atoms with Gasteiger partial charge >= 0.3 is 0 Å². The number of hydrogen-bond donors (Lipinski definition) is 0. The Morgan fingerprint density at radius 1 is 1.00 bits per heavy atom. The Balaban J connectivity index is 1.22. The second-order valence-electron chi connectivity index (χ2n) is 7.08. The molecule has 7 heteroatoms. The number of likely N-dealkylation sites (tertiary alicyclic amines) is 1. The number of carbonyl (C=O) groups excluding carboxylic acids is 1. The molecule has 0 unspecified atom stereocenters. The predicted molar refractivity (Wildman–Crippen MR) is 109 cm³/mol. The van der Waals surface area contributed by atoms with Crippen molar-refractivity contribution in [1.29, 1.82) is 0 Å². The topological polar surface area (TPSA) is 77.3 Å². The minimum atomic E-state index is -0.211. The first kappa shape index (κ1) is 17.4. The van der Waals surface area contributed by atoms with E-state index in [1.165, 1.54) is 10.9 Å². The molecule has 0 aliphatic carbocycles. The van der Waals surface area contributed by atoms with Gasteiger partial charge in [0.2, 0.25) is 11.8 Å². The first-order valence-corrected chi connectivity index (χ1v) is 9.42. The van der Waals surface area contributed by atoms with Crippen LogP contribution in [0.5, 0.6) is 5.88 Å². The van der Waals surface area contributed by atoms with Crippen LogP contribution in [0.25, 0.3) is 21.8 Å². The van der Waals surface area contributed by atoms with Gasteiger partial charge in [-0.05, 0) is 24.3 Å². The zero-order valence-electron chi connectivity index (χ0n) is 15.6. The van der Waals surface area contributed by atoms with E-state index in [9.17, 15) is 9.59 Å². The van der Waals surface area contributed by atoms with Gasteiger partial charge in [0, 0.05) is 11.5 Å². The fraction of sp³-hybridized carbons (Fsp3) is 0.182. The predicted octanol–water partition coefficient (Wildman–Crippen LogP) is 2.23. The number of nitrogens with zero attached hydrogens (tertiary/aromatic N) is 4. The van der Waals surface area contributed by atoms with E-state index in [1.54, 1.807) is 23.1 Å². The van der Waals surface area contributed by atoms with Crippen LogP contribution in [-0.2, 0) is 11.3 Å². The quantitative estimate of drug-likeness (QED) is 0.538. The van der Waals surface area contributed by atoms with Gasteiger partial charge in [0.05, 0.1) is 35.8 Å². The van der Waals surface area contributed by atoms with E-state index in [0.717, 1.165) is 10.9 Å². The zero-order chi connectivity index (χ0) is 19.8. The maximum absolute atomic E-state index is 12.5. The van der Waals surface area contributed by atoms with Crippen molar-refractivity contribution >= 4 is 27.7 Å². The lowest BCUT2D eigenvalue weighted by Gasteiger charge is -2.38. The van der Waals surface area contributed by atoms with E-state index in [0.29, 0.717) is 29.9 Å². The van der Waals surface area contributed by atoms with E-state index >= 15 is 0 Å². The number of para-hydroxylation sites is 2. The molecule has 1 fully saturated rings. The molecule has 2 aromatic carbocycles. The van der Waals surface area contributed by atoms with Crippen molar-refractivity contribution in [2.45, 2.75) is 12.6 Å². The second kappa shape index (κ2) is 7.01. The average Bonchev–Trinajstić information content (AvgIpc) is 2.72. The van der Waals surface area contributed by atoms with Gasteiger partial charge in [0.15, 0.2) is 0 Å². The molecule has 0 bridgehead atoms. The zero-order valence-corrected chi connectivity index (χ0v) is 15.6. The first-order valence-electron chi connectivity index (χ1n) is 9.42. The SMILES string of the molecule is O=C(Cn1cnc2ccccc2c1=O)N1CC(Oc2ccc3ccccc3n2)C1. The highest BCUT2D eigenvalue weighted by Gasteiger charge is 2.32. The Morgan fingerprint density at radius 3 is 2.62 bits per heavy atom. The molecule has 0 N–H and O–H groups in total. The number of fused-ring (bicyclic) bond motifs is 2. The number of ether oxygens (including phenoxy) is 1. The maximum Gasteiger partial charge on any atom is 0.261 e. The van der Waals surface area contributed by atoms with E-state index in [1.807, 2.05) is 42.5 Å². The van der Waals surface area contributed by atoms with Gasteiger partial charge in [-0.2, -0.15) is 0 Å². The van der Waals surface area contributed by atoms with Gasteiger partial charge in [-0.15, -0.1) is 0 Å². The van der Waals surface area contributed by atoms with Crippen molar-refractivity contribution in [3.63, 3.8) is 0 Å². The third-order valence-corrected chi connectivity index (χ3v) is 5.10. The van der Waals surface area contributed by atoms with Gasteiger partial charge in [-0.1, -0.05) is 30.3 Å². The van der Waals surface area contributed by atoms with E-state index in [2.05, 4.69) is 9.97 Å². The fourth-order valence-corrected chi connectivity index (χ4v) is 3.46. The summed E-state index contributed by atoms with van der Waals surface area (Å²) in [5, 5.41) is 1.56. The van der Waals surface area contributed by atoms with Gasteiger partial charge < -0.3 is 9.64 Å². The molecular formula is C22H18N4O3. The van der Waals surface area contributed by atoms with Crippen LogP contribution in [0.4, 0.5) is 0 Å². The number of amides is 1. The molecule has 4 aromatic rings. The lowest BCUT2D eigenvalue weighted by Crippen LogP contribution is -2.57. The average molecular weight is 386 g/mol. The number of pyridine rings is 1. The lowest BCUT2D eigenvalue weighted by molar-refractivity contribution is -0.140. The van der Waals surface area contributed by atoms with Crippen molar-refractivity contribution in [1.82, 2.24) is 19.4 Å². The Morgan fingerprint density at radius 2 is 1.76 bits per heavy atom. The molecule has 7 nitrogen and oxygen atoms in total. The molecule has 1 aliphatic heterocycles. The van der Waals surface area contributed by atoms with Crippen molar-refractivity contribution in [2.24, 2.45) is 0 Å². The molecular weight excluding hydrogens is 368 g/mol. The number of aromatic nitrogens is 3. The summed E-state index contributed by atoms with van der Waals surface area (Å²) in [4.78, 5) is 35.5. The number of rotatable bonds is 4. The van der Waals surface area contributed by atoms with E-state index in [-0.39, 0.29) is 24.1 Å². The smallest absolute Gasteiger partial charge is 0.261 e. The number of benzene rings is 2. The third kappa shape index (κ3) is 3.31. The summed E-state index contributed by atoms with van der Waals surface area (Å²) < 4.78 is 7.24. The largest absolute Gasteiger partial charge is 0.471 e. The molecule has 1 saturated heterocycles. The molecule has 0 saturated carbocycles. The number of carbonyl (C=O) groups is 1. The van der Waals surface area contributed by atoms with Crippen LogP contribution in [0.2, 0.25) is 0 Å². The molecule has 1 amide bonds. The van der Waals surface area contributed by atoms with Gasteiger partial charge in [0.1, 0.15) is 12.6 Å². The van der Waals surface area contributed by atoms with Gasteiger partial charge in [-0.25, -0.2) is 9.97 Å². The van der Waals surface area contributed by atoms with E-state index < -0.39 is 0 Å². The normalized spacial score (nSPS) is 14.1. The van der Waals surface area contributed by atoms with Crippen LogP contribution < -0.4 is 10.3 Å². The molecule has 0 radical (unpaired) electrons. The van der Waals surface area contributed by atoms with Crippen molar-refractivity contribution in [2.75, 3.05) is 13.1 Å². The van der Waals surface area contributed by atoms with Crippen LogP contribution >= 0.6 is 0 Å². The Labute approximate surface area is 166 Å². The van der Waals surface area contributed by atoms with Crippen LogP contribution in [0.3, 0.4) is 0 Å². The van der Waals surface area contributed by atoms with Crippen molar-refractivity contribution in [3.8, 4) is 5.88 Å². The minimum absolute atomic E-state index is 0.0301.